The fourth-order valence-electron chi connectivity index (χ4n) is 1.30. The van der Waals surface area contributed by atoms with Gasteiger partial charge in [-0.25, -0.2) is 0 Å². The summed E-state index contributed by atoms with van der Waals surface area (Å²) < 4.78 is 0. The topological polar surface area (TPSA) is 49.8 Å². The average Bonchev–Trinajstić information content (AvgIpc) is 2.18. The SMILES string of the molecule is N#Cc1ccc2c[c-]cc(N)c2c1.[V]. The van der Waals surface area contributed by atoms with Crippen molar-refractivity contribution in [1.29, 1.82) is 5.26 Å². The molecule has 0 saturated carbocycles. The van der Waals surface area contributed by atoms with Crippen LogP contribution < -0.4 is 5.73 Å². The number of hydrogen-bond donors (Lipinski definition) is 1. The van der Waals surface area contributed by atoms with Crippen molar-refractivity contribution < 1.29 is 18.6 Å². The molecule has 2 nitrogen and oxygen atoms in total. The number of fused-ring (bicyclic) bond motifs is 1. The minimum atomic E-state index is 0. The molecule has 0 atom stereocenters. The number of hydrogen-bond acceptors (Lipinski definition) is 2. The first-order chi connectivity index (χ1) is 6.31. The second kappa shape index (κ2) is 4.19. The van der Waals surface area contributed by atoms with Crippen molar-refractivity contribution in [3.8, 4) is 6.07 Å². The first kappa shape index (κ1) is 10.7. The maximum atomic E-state index is 8.69. The van der Waals surface area contributed by atoms with Crippen LogP contribution >= 0.6 is 0 Å². The molecule has 2 aromatic rings. The Kier molecular flexibility index (Phi) is 3.19. The van der Waals surface area contributed by atoms with Crippen LogP contribution in [0.5, 0.6) is 0 Å². The van der Waals surface area contributed by atoms with E-state index in [2.05, 4.69) is 12.1 Å². The molecule has 0 unspecified atom stereocenters. The fraction of sp³-hybridized carbons (Fsp3) is 0. The van der Waals surface area contributed by atoms with E-state index >= 15 is 0 Å². The van der Waals surface area contributed by atoms with E-state index in [1.165, 1.54) is 0 Å². The van der Waals surface area contributed by atoms with Gasteiger partial charge < -0.3 is 5.73 Å². The summed E-state index contributed by atoms with van der Waals surface area (Å²) in [6, 6.07) is 14.0. The summed E-state index contributed by atoms with van der Waals surface area (Å²) in [6.07, 6.45) is 0. The molecule has 0 saturated heterocycles. The Balaban J connectivity index is 0.000000980. The number of rotatable bonds is 0. The monoisotopic (exact) mass is 218 g/mol. The summed E-state index contributed by atoms with van der Waals surface area (Å²) in [6.45, 7) is 0. The third-order valence-corrected chi connectivity index (χ3v) is 1.97. The van der Waals surface area contributed by atoms with Gasteiger partial charge in [0.2, 0.25) is 0 Å². The van der Waals surface area contributed by atoms with Crippen molar-refractivity contribution in [3.05, 3.63) is 42.0 Å². The van der Waals surface area contributed by atoms with Gasteiger partial charge in [0.15, 0.2) is 0 Å². The maximum absolute atomic E-state index is 8.69. The van der Waals surface area contributed by atoms with E-state index in [1.807, 2.05) is 12.1 Å². The van der Waals surface area contributed by atoms with Crippen molar-refractivity contribution in [2.45, 2.75) is 0 Å². The third kappa shape index (κ3) is 1.74. The minimum Gasteiger partial charge on any atom is -0.449 e. The summed E-state index contributed by atoms with van der Waals surface area (Å²) in [4.78, 5) is 0. The Bertz CT molecular complexity index is 500. The normalized spacial score (nSPS) is 9.07. The van der Waals surface area contributed by atoms with E-state index < -0.39 is 0 Å². The van der Waals surface area contributed by atoms with E-state index in [9.17, 15) is 0 Å². The van der Waals surface area contributed by atoms with Crippen LogP contribution in [-0.2, 0) is 18.6 Å². The Morgan fingerprint density at radius 1 is 1.29 bits per heavy atom. The molecule has 0 aromatic heterocycles. The summed E-state index contributed by atoms with van der Waals surface area (Å²) >= 11 is 0. The molecule has 14 heavy (non-hydrogen) atoms. The van der Waals surface area contributed by atoms with Crippen LogP contribution in [0.1, 0.15) is 5.56 Å². The zero-order valence-electron chi connectivity index (χ0n) is 7.36. The van der Waals surface area contributed by atoms with Gasteiger partial charge in [-0.15, -0.1) is 16.8 Å². The van der Waals surface area contributed by atoms with Gasteiger partial charge in [-0.1, -0.05) is 17.8 Å². The smallest absolute Gasteiger partial charge is 0.0990 e. The van der Waals surface area contributed by atoms with Crippen LogP contribution in [0.25, 0.3) is 10.8 Å². The van der Waals surface area contributed by atoms with Gasteiger partial charge >= 0.3 is 0 Å². The van der Waals surface area contributed by atoms with Gasteiger partial charge in [-0.3, -0.25) is 0 Å². The van der Waals surface area contributed by atoms with E-state index in [4.69, 9.17) is 11.0 Å². The minimum absolute atomic E-state index is 0. The average molecular weight is 218 g/mol. The van der Waals surface area contributed by atoms with E-state index in [-0.39, 0.29) is 18.6 Å². The number of nitrogens with two attached hydrogens (primary N) is 1. The summed E-state index contributed by atoms with van der Waals surface area (Å²) in [5, 5.41) is 10.6. The number of nitriles is 1. The van der Waals surface area contributed by atoms with Crippen LogP contribution in [-0.4, -0.2) is 0 Å². The fourth-order valence-corrected chi connectivity index (χ4v) is 1.30. The maximum Gasteiger partial charge on any atom is 0.0990 e. The van der Waals surface area contributed by atoms with Gasteiger partial charge in [-0.05, 0) is 0 Å². The van der Waals surface area contributed by atoms with Gasteiger partial charge in [0.25, 0.3) is 0 Å². The first-order valence-electron chi connectivity index (χ1n) is 3.91. The molecule has 67 valence electrons. The van der Waals surface area contributed by atoms with Crippen molar-refractivity contribution in [3.63, 3.8) is 0 Å². The molecule has 0 aliphatic heterocycles. The Labute approximate surface area is 94.2 Å². The van der Waals surface area contributed by atoms with E-state index in [0.717, 1.165) is 10.8 Å². The van der Waals surface area contributed by atoms with Crippen LogP contribution in [0, 0.1) is 17.4 Å². The van der Waals surface area contributed by atoms with E-state index in [0.29, 0.717) is 11.3 Å². The second-order valence-electron chi connectivity index (χ2n) is 2.82. The summed E-state index contributed by atoms with van der Waals surface area (Å²) in [5.41, 5.74) is 7.03. The van der Waals surface area contributed by atoms with Crippen LogP contribution in [0.3, 0.4) is 0 Å². The molecule has 0 spiro atoms. The standard InChI is InChI=1S/C11H7N2.V/c12-7-8-4-5-9-2-1-3-11(13)10(9)6-8;/h2-6H,13H2;/q-1;. The molecular formula is C11H7N2V-. The van der Waals surface area contributed by atoms with Gasteiger partial charge in [0, 0.05) is 24.1 Å². The number of nitrogen functional groups attached to an aromatic ring is 1. The van der Waals surface area contributed by atoms with Gasteiger partial charge in [-0.2, -0.15) is 23.5 Å². The van der Waals surface area contributed by atoms with Crippen LogP contribution in [0.2, 0.25) is 0 Å². The largest absolute Gasteiger partial charge is 0.449 e. The van der Waals surface area contributed by atoms with E-state index in [1.54, 1.807) is 18.2 Å². The zero-order chi connectivity index (χ0) is 9.26. The molecule has 0 aliphatic carbocycles. The molecule has 0 heterocycles. The predicted molar refractivity (Wildman–Crippen MR) is 51.9 cm³/mol. The van der Waals surface area contributed by atoms with Gasteiger partial charge in [0.05, 0.1) is 6.07 Å². The predicted octanol–water partition coefficient (Wildman–Crippen LogP) is 2.09. The molecule has 0 fully saturated rings. The van der Waals surface area contributed by atoms with Crippen molar-refractivity contribution in [1.82, 2.24) is 0 Å². The molecule has 2 aromatic carbocycles. The molecule has 2 rings (SSSR count). The van der Waals surface area contributed by atoms with Gasteiger partial charge in [0.1, 0.15) is 0 Å². The van der Waals surface area contributed by atoms with Crippen molar-refractivity contribution in [2.75, 3.05) is 5.73 Å². The first-order valence-corrected chi connectivity index (χ1v) is 3.91. The number of benzene rings is 2. The van der Waals surface area contributed by atoms with Crippen LogP contribution in [0.4, 0.5) is 5.69 Å². The van der Waals surface area contributed by atoms with Crippen molar-refractivity contribution in [2.24, 2.45) is 0 Å². The molecule has 0 aliphatic rings. The molecular weight excluding hydrogens is 211 g/mol. The van der Waals surface area contributed by atoms with Crippen molar-refractivity contribution >= 4 is 16.5 Å². The Morgan fingerprint density at radius 3 is 2.79 bits per heavy atom. The second-order valence-corrected chi connectivity index (χ2v) is 2.82. The zero-order valence-corrected chi connectivity index (χ0v) is 8.76. The molecule has 3 heteroatoms. The number of nitrogens with zero attached hydrogens (tertiary/aromatic N) is 1. The van der Waals surface area contributed by atoms with Crippen LogP contribution in [0.15, 0.2) is 30.3 Å². The Morgan fingerprint density at radius 2 is 2.07 bits per heavy atom. The summed E-state index contributed by atoms with van der Waals surface area (Å²) in [7, 11) is 0. The molecule has 0 bridgehead atoms. The molecule has 1 radical (unpaired) electrons. The number of anilines is 1. The quantitative estimate of drug-likeness (QED) is 0.543. The molecule has 2 N–H and O–H groups in total. The summed E-state index contributed by atoms with van der Waals surface area (Å²) in [5.74, 6) is 0. The third-order valence-electron chi connectivity index (χ3n) is 1.97. The molecule has 0 amide bonds. The Hall–Kier alpha value is -1.43.